The molecule has 8 nitrogen and oxygen atoms in total. The highest BCUT2D eigenvalue weighted by Gasteiger charge is 2.24. The van der Waals surface area contributed by atoms with Crippen LogP contribution in [0, 0.1) is 11.3 Å². The highest BCUT2D eigenvalue weighted by molar-refractivity contribution is 5.75. The van der Waals surface area contributed by atoms with Gasteiger partial charge in [-0.3, -0.25) is 18.5 Å². The molecule has 0 aliphatic carbocycles. The van der Waals surface area contributed by atoms with Crippen LogP contribution < -0.4 is 16.1 Å². The molecule has 0 bridgehead atoms. The van der Waals surface area contributed by atoms with E-state index >= 15 is 0 Å². The molecule has 0 saturated carbocycles. The number of hydrogen-bond acceptors (Lipinski definition) is 5. The molecule has 0 amide bonds. The minimum absolute atomic E-state index is 0.347. The van der Waals surface area contributed by atoms with Crippen molar-refractivity contribution < 1.29 is 0 Å². The van der Waals surface area contributed by atoms with E-state index in [1.807, 2.05) is 22.8 Å². The average Bonchev–Trinajstić information content (AvgIpc) is 3.33. The van der Waals surface area contributed by atoms with Crippen molar-refractivity contribution in [1.29, 1.82) is 5.26 Å². The third kappa shape index (κ3) is 2.63. The molecule has 8 heteroatoms. The minimum Gasteiger partial charge on any atom is -0.342 e. The fraction of sp³-hybridized carbons (Fsp3) is 0.368. The van der Waals surface area contributed by atoms with E-state index < -0.39 is 5.69 Å². The van der Waals surface area contributed by atoms with Crippen LogP contribution in [0.5, 0.6) is 0 Å². The van der Waals surface area contributed by atoms with E-state index in [4.69, 9.17) is 0 Å². The topological polar surface area (TPSA) is 88.8 Å². The second-order valence-corrected chi connectivity index (χ2v) is 6.84. The predicted octanol–water partition coefficient (Wildman–Crippen LogP) is 0.954. The Kier molecular flexibility index (Phi) is 4.07. The zero-order valence-electron chi connectivity index (χ0n) is 15.3. The Morgan fingerprint density at radius 1 is 1.11 bits per heavy atom. The molecule has 1 aliphatic heterocycles. The summed E-state index contributed by atoms with van der Waals surface area (Å²) in [5.74, 6) is 0.675. The van der Waals surface area contributed by atoms with Gasteiger partial charge in [-0.1, -0.05) is 18.2 Å². The van der Waals surface area contributed by atoms with Gasteiger partial charge in [-0.05, 0) is 24.5 Å². The first kappa shape index (κ1) is 17.1. The second kappa shape index (κ2) is 6.43. The van der Waals surface area contributed by atoms with E-state index in [9.17, 15) is 14.9 Å². The lowest BCUT2D eigenvalue weighted by molar-refractivity contribution is 0.701. The van der Waals surface area contributed by atoms with E-state index in [0.717, 1.165) is 36.1 Å². The number of hydrogen-bond donors (Lipinski definition) is 0. The molecule has 3 heterocycles. The van der Waals surface area contributed by atoms with Gasteiger partial charge in [0.1, 0.15) is 0 Å². The van der Waals surface area contributed by atoms with Gasteiger partial charge in [-0.15, -0.1) is 0 Å². The van der Waals surface area contributed by atoms with Gasteiger partial charge in [0.2, 0.25) is 5.95 Å². The molecular weight excluding hydrogens is 344 g/mol. The number of imidazole rings is 1. The molecule has 3 aromatic rings. The maximum Gasteiger partial charge on any atom is 0.332 e. The van der Waals surface area contributed by atoms with Crippen LogP contribution in [0.15, 0.2) is 33.9 Å². The summed E-state index contributed by atoms with van der Waals surface area (Å²) >= 11 is 0. The highest BCUT2D eigenvalue weighted by atomic mass is 16.2. The van der Waals surface area contributed by atoms with Crippen LogP contribution in [0.3, 0.4) is 0 Å². The molecule has 2 aromatic heterocycles. The second-order valence-electron chi connectivity index (χ2n) is 6.84. The van der Waals surface area contributed by atoms with Crippen molar-refractivity contribution in [3.05, 3.63) is 56.2 Å². The largest absolute Gasteiger partial charge is 0.342 e. The standard InChI is InChI=1S/C19H20N6O2/c1-22-16-15(17(26)23(2)19(22)27)25(18(21-16)24-9-5-6-10-24)12-14-8-4-3-7-13(14)11-20/h3-4,7-8H,5-6,9-10,12H2,1-2H3. The summed E-state index contributed by atoms with van der Waals surface area (Å²) in [5.41, 5.74) is 1.36. The Labute approximate surface area is 155 Å². The van der Waals surface area contributed by atoms with E-state index in [2.05, 4.69) is 16.0 Å². The van der Waals surface area contributed by atoms with Crippen molar-refractivity contribution in [3.63, 3.8) is 0 Å². The molecule has 1 fully saturated rings. The van der Waals surface area contributed by atoms with Gasteiger partial charge < -0.3 is 4.90 Å². The summed E-state index contributed by atoms with van der Waals surface area (Å²) in [5, 5.41) is 9.42. The Bertz CT molecular complexity index is 1190. The zero-order chi connectivity index (χ0) is 19.1. The number of fused-ring (bicyclic) bond motifs is 1. The molecule has 27 heavy (non-hydrogen) atoms. The Morgan fingerprint density at radius 2 is 1.81 bits per heavy atom. The van der Waals surface area contributed by atoms with Crippen LogP contribution in [-0.2, 0) is 20.6 Å². The van der Waals surface area contributed by atoms with Crippen LogP contribution >= 0.6 is 0 Å². The lowest BCUT2D eigenvalue weighted by atomic mass is 10.1. The van der Waals surface area contributed by atoms with E-state index in [1.54, 1.807) is 13.1 Å². The zero-order valence-corrected chi connectivity index (χ0v) is 15.3. The number of aryl methyl sites for hydroxylation is 1. The minimum atomic E-state index is -0.400. The Balaban J connectivity index is 2.02. The van der Waals surface area contributed by atoms with Gasteiger partial charge in [-0.2, -0.15) is 10.2 Å². The lowest BCUT2D eigenvalue weighted by Crippen LogP contribution is -2.37. The van der Waals surface area contributed by atoms with Crippen molar-refractivity contribution in [2.75, 3.05) is 18.0 Å². The third-order valence-corrected chi connectivity index (χ3v) is 5.18. The number of aromatic nitrogens is 4. The van der Waals surface area contributed by atoms with Gasteiger partial charge in [0.05, 0.1) is 18.2 Å². The Morgan fingerprint density at radius 3 is 2.52 bits per heavy atom. The Hall–Kier alpha value is -3.34. The van der Waals surface area contributed by atoms with Crippen molar-refractivity contribution in [1.82, 2.24) is 18.7 Å². The van der Waals surface area contributed by atoms with Gasteiger partial charge in [0, 0.05) is 27.2 Å². The summed E-state index contributed by atoms with van der Waals surface area (Å²) in [6, 6.07) is 9.54. The first-order valence-corrected chi connectivity index (χ1v) is 8.92. The number of rotatable bonds is 3. The van der Waals surface area contributed by atoms with Crippen LogP contribution in [0.1, 0.15) is 24.0 Å². The smallest absolute Gasteiger partial charge is 0.332 e. The van der Waals surface area contributed by atoms with Crippen molar-refractivity contribution in [2.45, 2.75) is 19.4 Å². The number of nitrogens with zero attached hydrogens (tertiary/aromatic N) is 6. The summed E-state index contributed by atoms with van der Waals surface area (Å²) in [4.78, 5) is 32.0. The molecule has 1 saturated heterocycles. The lowest BCUT2D eigenvalue weighted by Gasteiger charge is -2.18. The van der Waals surface area contributed by atoms with Crippen LogP contribution in [-0.4, -0.2) is 31.8 Å². The fourth-order valence-electron chi connectivity index (χ4n) is 3.68. The predicted molar refractivity (Wildman–Crippen MR) is 102 cm³/mol. The monoisotopic (exact) mass is 364 g/mol. The fourth-order valence-corrected chi connectivity index (χ4v) is 3.68. The molecule has 4 rings (SSSR count). The average molecular weight is 364 g/mol. The maximum absolute atomic E-state index is 12.9. The number of anilines is 1. The van der Waals surface area contributed by atoms with Crippen molar-refractivity contribution >= 4 is 17.1 Å². The molecule has 0 atom stereocenters. The maximum atomic E-state index is 12.9. The van der Waals surface area contributed by atoms with E-state index in [0.29, 0.717) is 29.2 Å². The van der Waals surface area contributed by atoms with Gasteiger partial charge in [-0.25, -0.2) is 4.79 Å². The quantitative estimate of drug-likeness (QED) is 0.690. The first-order valence-electron chi connectivity index (χ1n) is 8.92. The highest BCUT2D eigenvalue weighted by Crippen LogP contribution is 2.25. The van der Waals surface area contributed by atoms with Crippen molar-refractivity contribution in [3.8, 4) is 6.07 Å². The molecule has 0 unspecified atom stereocenters. The molecule has 138 valence electrons. The van der Waals surface area contributed by atoms with Crippen LogP contribution in [0.2, 0.25) is 0 Å². The molecule has 0 radical (unpaired) electrons. The molecule has 0 spiro atoms. The normalized spacial score (nSPS) is 14.0. The summed E-state index contributed by atoms with van der Waals surface area (Å²) < 4.78 is 4.35. The van der Waals surface area contributed by atoms with E-state index in [-0.39, 0.29) is 5.56 Å². The van der Waals surface area contributed by atoms with Crippen LogP contribution in [0.4, 0.5) is 5.95 Å². The van der Waals surface area contributed by atoms with Crippen LogP contribution in [0.25, 0.3) is 11.2 Å². The van der Waals surface area contributed by atoms with Gasteiger partial charge >= 0.3 is 5.69 Å². The molecule has 0 N–H and O–H groups in total. The SMILES string of the molecule is Cn1c(=O)c2c(nc(N3CCCC3)n2Cc2ccccc2C#N)n(C)c1=O. The first-order chi connectivity index (χ1) is 13.0. The number of benzene rings is 1. The third-order valence-electron chi connectivity index (χ3n) is 5.18. The van der Waals surface area contributed by atoms with Gasteiger partial charge in [0.25, 0.3) is 5.56 Å². The molecule has 1 aromatic carbocycles. The molecular formula is C19H20N6O2. The summed E-state index contributed by atoms with van der Waals surface area (Å²) in [6.45, 7) is 2.06. The number of nitriles is 1. The molecule has 1 aliphatic rings. The van der Waals surface area contributed by atoms with Gasteiger partial charge in [0.15, 0.2) is 11.2 Å². The van der Waals surface area contributed by atoms with E-state index in [1.165, 1.54) is 11.6 Å². The van der Waals surface area contributed by atoms with Crippen molar-refractivity contribution in [2.24, 2.45) is 14.1 Å². The summed E-state index contributed by atoms with van der Waals surface area (Å²) in [7, 11) is 3.10. The summed E-state index contributed by atoms with van der Waals surface area (Å²) in [6.07, 6.45) is 2.13.